The van der Waals surface area contributed by atoms with E-state index in [0.717, 1.165) is 42.6 Å². The standard InChI is InChI=1S/C28H38N2O3/c1-21-14-16-26(17-15-21)33-18-8-13-27(31)30(20-24-10-7-9-22(2)19-24)23(3)28(32)29-25-11-5-4-6-12-25/h7,9-10,14-17,19,23,25H,4-6,8,11-13,18,20H2,1-3H3,(H,29,32)/t23-/m1/s1. The number of carbonyl (C=O) groups excluding carboxylic acids is 2. The third-order valence-corrected chi connectivity index (χ3v) is 6.38. The number of rotatable bonds is 10. The van der Waals surface area contributed by atoms with Gasteiger partial charge < -0.3 is 15.0 Å². The average molecular weight is 451 g/mol. The number of nitrogens with zero attached hydrogens (tertiary/aromatic N) is 1. The molecule has 5 nitrogen and oxygen atoms in total. The molecule has 0 aliphatic heterocycles. The van der Waals surface area contributed by atoms with E-state index in [-0.39, 0.29) is 17.9 Å². The number of benzene rings is 2. The van der Waals surface area contributed by atoms with Crippen molar-refractivity contribution in [2.45, 2.75) is 84.3 Å². The van der Waals surface area contributed by atoms with Gasteiger partial charge in [0.25, 0.3) is 0 Å². The summed E-state index contributed by atoms with van der Waals surface area (Å²) >= 11 is 0. The van der Waals surface area contributed by atoms with Crippen molar-refractivity contribution in [1.82, 2.24) is 10.2 Å². The Balaban J connectivity index is 1.60. The number of hydrogen-bond donors (Lipinski definition) is 1. The minimum atomic E-state index is -0.516. The largest absolute Gasteiger partial charge is 0.494 e. The molecule has 1 fully saturated rings. The molecule has 0 unspecified atom stereocenters. The number of ether oxygens (including phenoxy) is 1. The average Bonchev–Trinajstić information content (AvgIpc) is 2.81. The maximum absolute atomic E-state index is 13.2. The highest BCUT2D eigenvalue weighted by Crippen LogP contribution is 2.19. The Bertz CT molecular complexity index is 904. The van der Waals surface area contributed by atoms with Crippen molar-refractivity contribution in [3.8, 4) is 5.75 Å². The molecule has 2 amide bonds. The summed E-state index contributed by atoms with van der Waals surface area (Å²) in [5, 5.41) is 3.19. The summed E-state index contributed by atoms with van der Waals surface area (Å²) < 4.78 is 5.78. The molecule has 0 aromatic heterocycles. The van der Waals surface area contributed by atoms with Crippen molar-refractivity contribution < 1.29 is 14.3 Å². The van der Waals surface area contributed by atoms with E-state index < -0.39 is 6.04 Å². The molecule has 0 spiro atoms. The molecule has 1 aliphatic carbocycles. The SMILES string of the molecule is Cc1ccc(OCCCC(=O)N(Cc2cccc(C)c2)[C@H](C)C(=O)NC2CCCCC2)cc1. The molecule has 178 valence electrons. The van der Waals surface area contributed by atoms with Crippen LogP contribution in [0.2, 0.25) is 0 Å². The van der Waals surface area contributed by atoms with Gasteiger partial charge in [0.2, 0.25) is 11.8 Å². The lowest BCUT2D eigenvalue weighted by molar-refractivity contribution is -0.141. The quantitative estimate of drug-likeness (QED) is 0.498. The van der Waals surface area contributed by atoms with E-state index in [0.29, 0.717) is 26.0 Å². The molecule has 5 heteroatoms. The predicted molar refractivity (Wildman–Crippen MR) is 132 cm³/mol. The van der Waals surface area contributed by atoms with Crippen molar-refractivity contribution in [1.29, 1.82) is 0 Å². The first-order valence-electron chi connectivity index (χ1n) is 12.3. The van der Waals surface area contributed by atoms with Crippen molar-refractivity contribution in [2.24, 2.45) is 0 Å². The second-order valence-corrected chi connectivity index (χ2v) is 9.30. The third-order valence-electron chi connectivity index (χ3n) is 6.38. The summed E-state index contributed by atoms with van der Waals surface area (Å²) in [5.41, 5.74) is 3.37. The van der Waals surface area contributed by atoms with Gasteiger partial charge in [-0.15, -0.1) is 0 Å². The van der Waals surface area contributed by atoms with E-state index in [1.165, 1.54) is 12.0 Å². The Labute approximate surface area is 198 Å². The monoisotopic (exact) mass is 450 g/mol. The summed E-state index contributed by atoms with van der Waals surface area (Å²) in [6.07, 6.45) is 6.57. The summed E-state index contributed by atoms with van der Waals surface area (Å²) in [6.45, 7) is 6.82. The van der Waals surface area contributed by atoms with E-state index in [1.807, 2.05) is 63.2 Å². The zero-order valence-corrected chi connectivity index (χ0v) is 20.3. The Morgan fingerprint density at radius 2 is 1.76 bits per heavy atom. The van der Waals surface area contributed by atoms with Crippen LogP contribution in [0.1, 0.15) is 68.6 Å². The minimum absolute atomic E-state index is 0.0182. The molecule has 0 radical (unpaired) electrons. The third kappa shape index (κ3) is 7.92. The van der Waals surface area contributed by atoms with Crippen LogP contribution in [0.25, 0.3) is 0 Å². The van der Waals surface area contributed by atoms with Crippen LogP contribution in [0.3, 0.4) is 0 Å². The van der Waals surface area contributed by atoms with E-state index in [9.17, 15) is 9.59 Å². The lowest BCUT2D eigenvalue weighted by Crippen LogP contribution is -2.50. The lowest BCUT2D eigenvalue weighted by Gasteiger charge is -2.31. The highest BCUT2D eigenvalue weighted by molar-refractivity contribution is 5.87. The normalized spacial score (nSPS) is 15.0. The van der Waals surface area contributed by atoms with E-state index in [2.05, 4.69) is 11.4 Å². The van der Waals surface area contributed by atoms with Crippen LogP contribution in [0.15, 0.2) is 48.5 Å². The van der Waals surface area contributed by atoms with Crippen LogP contribution in [0, 0.1) is 13.8 Å². The van der Waals surface area contributed by atoms with Gasteiger partial charge in [0, 0.05) is 19.0 Å². The van der Waals surface area contributed by atoms with Crippen LogP contribution < -0.4 is 10.1 Å². The minimum Gasteiger partial charge on any atom is -0.494 e. The molecular formula is C28H38N2O3. The van der Waals surface area contributed by atoms with E-state index in [4.69, 9.17) is 4.74 Å². The smallest absolute Gasteiger partial charge is 0.242 e. The highest BCUT2D eigenvalue weighted by Gasteiger charge is 2.27. The Morgan fingerprint density at radius 1 is 1.03 bits per heavy atom. The Kier molecular flexibility index (Phi) is 9.35. The first kappa shape index (κ1) is 24.8. The van der Waals surface area contributed by atoms with Gasteiger partial charge >= 0.3 is 0 Å². The molecule has 33 heavy (non-hydrogen) atoms. The second kappa shape index (κ2) is 12.4. The molecule has 0 heterocycles. The van der Waals surface area contributed by atoms with Crippen LogP contribution in [-0.4, -0.2) is 35.4 Å². The molecule has 1 atom stereocenters. The second-order valence-electron chi connectivity index (χ2n) is 9.30. The molecule has 2 aromatic rings. The van der Waals surface area contributed by atoms with E-state index in [1.54, 1.807) is 4.90 Å². The van der Waals surface area contributed by atoms with Crippen molar-refractivity contribution in [3.63, 3.8) is 0 Å². The predicted octanol–water partition coefficient (Wildman–Crippen LogP) is 5.33. The molecule has 0 bridgehead atoms. The number of amides is 2. The van der Waals surface area contributed by atoms with Crippen molar-refractivity contribution in [2.75, 3.05) is 6.61 Å². The van der Waals surface area contributed by atoms with Crippen molar-refractivity contribution in [3.05, 3.63) is 65.2 Å². The van der Waals surface area contributed by atoms with Gasteiger partial charge in [0.05, 0.1) is 6.61 Å². The molecule has 1 N–H and O–H groups in total. The van der Waals surface area contributed by atoms with E-state index >= 15 is 0 Å². The van der Waals surface area contributed by atoms with Gasteiger partial charge in [-0.3, -0.25) is 9.59 Å². The number of carbonyl (C=O) groups is 2. The lowest BCUT2D eigenvalue weighted by atomic mass is 9.95. The number of hydrogen-bond acceptors (Lipinski definition) is 3. The number of nitrogens with one attached hydrogen (secondary N) is 1. The number of aryl methyl sites for hydroxylation is 2. The molecule has 2 aromatic carbocycles. The maximum atomic E-state index is 13.2. The molecular weight excluding hydrogens is 412 g/mol. The first-order valence-corrected chi connectivity index (χ1v) is 12.3. The molecule has 3 rings (SSSR count). The van der Waals surface area contributed by atoms with Gasteiger partial charge in [-0.2, -0.15) is 0 Å². The summed E-state index contributed by atoms with van der Waals surface area (Å²) in [6, 6.07) is 15.7. The zero-order valence-electron chi connectivity index (χ0n) is 20.3. The molecule has 1 aliphatic rings. The van der Waals surface area contributed by atoms with Crippen LogP contribution in [0.5, 0.6) is 5.75 Å². The summed E-state index contributed by atoms with van der Waals surface area (Å²) in [4.78, 5) is 28.0. The maximum Gasteiger partial charge on any atom is 0.242 e. The fraction of sp³-hybridized carbons (Fsp3) is 0.500. The van der Waals surface area contributed by atoms with Gasteiger partial charge in [-0.05, 0) is 57.7 Å². The van der Waals surface area contributed by atoms with Gasteiger partial charge in [0.15, 0.2) is 0 Å². The van der Waals surface area contributed by atoms with Crippen LogP contribution in [0.4, 0.5) is 0 Å². The molecule has 0 saturated heterocycles. The Hall–Kier alpha value is -2.82. The van der Waals surface area contributed by atoms with Crippen LogP contribution in [-0.2, 0) is 16.1 Å². The van der Waals surface area contributed by atoms with Gasteiger partial charge in [-0.1, -0.05) is 66.8 Å². The fourth-order valence-electron chi connectivity index (χ4n) is 4.35. The summed E-state index contributed by atoms with van der Waals surface area (Å²) in [7, 11) is 0. The topological polar surface area (TPSA) is 58.6 Å². The highest BCUT2D eigenvalue weighted by atomic mass is 16.5. The fourth-order valence-corrected chi connectivity index (χ4v) is 4.35. The van der Waals surface area contributed by atoms with Crippen molar-refractivity contribution >= 4 is 11.8 Å². The van der Waals surface area contributed by atoms with Crippen LogP contribution >= 0.6 is 0 Å². The first-order chi connectivity index (χ1) is 15.9. The van der Waals surface area contributed by atoms with Gasteiger partial charge in [0.1, 0.15) is 11.8 Å². The zero-order chi connectivity index (χ0) is 23.6. The summed E-state index contributed by atoms with van der Waals surface area (Å²) in [5.74, 6) is 0.735. The Morgan fingerprint density at radius 3 is 2.45 bits per heavy atom. The molecule has 1 saturated carbocycles. The van der Waals surface area contributed by atoms with Gasteiger partial charge in [-0.25, -0.2) is 0 Å².